The Bertz CT molecular complexity index is 575. The number of anilines is 2. The van der Waals surface area contributed by atoms with E-state index in [1.54, 1.807) is 6.33 Å². The molecule has 0 spiro atoms. The standard InChI is InChI=1S/C16H18N4/c1-2-7-14-12-16(19-13-18-14)20(11-6-10-17)15-8-4-3-5-9-15/h3-5,8-9,12-13H,2,6-7,11H2,1H3. The predicted octanol–water partition coefficient (Wildman–Crippen LogP) is 3.48. The molecule has 4 nitrogen and oxygen atoms in total. The fourth-order valence-corrected chi connectivity index (χ4v) is 2.07. The van der Waals surface area contributed by atoms with Crippen molar-refractivity contribution in [3.05, 3.63) is 48.4 Å². The number of nitrogens with zero attached hydrogens (tertiary/aromatic N) is 4. The van der Waals surface area contributed by atoms with Gasteiger partial charge in [-0.2, -0.15) is 5.26 Å². The van der Waals surface area contributed by atoms with Crippen molar-refractivity contribution in [2.24, 2.45) is 0 Å². The second-order valence-electron chi connectivity index (χ2n) is 4.51. The maximum Gasteiger partial charge on any atom is 0.136 e. The molecule has 0 unspecified atom stereocenters. The lowest BCUT2D eigenvalue weighted by molar-refractivity contribution is 0.858. The van der Waals surface area contributed by atoms with Crippen molar-refractivity contribution < 1.29 is 0 Å². The molecular formula is C16H18N4. The van der Waals surface area contributed by atoms with Crippen LogP contribution in [0.25, 0.3) is 0 Å². The Balaban J connectivity index is 2.31. The Kier molecular flexibility index (Phi) is 5.08. The fourth-order valence-electron chi connectivity index (χ4n) is 2.07. The summed E-state index contributed by atoms with van der Waals surface area (Å²) in [6, 6.07) is 14.2. The molecule has 0 radical (unpaired) electrons. The Labute approximate surface area is 119 Å². The van der Waals surface area contributed by atoms with Crippen LogP contribution in [-0.2, 0) is 6.42 Å². The molecule has 1 heterocycles. The summed E-state index contributed by atoms with van der Waals surface area (Å²) in [6.07, 6.45) is 4.06. The van der Waals surface area contributed by atoms with Crippen LogP contribution in [0, 0.1) is 11.3 Å². The highest BCUT2D eigenvalue weighted by Gasteiger charge is 2.11. The van der Waals surface area contributed by atoms with Gasteiger partial charge in [0.2, 0.25) is 0 Å². The first-order valence-electron chi connectivity index (χ1n) is 6.85. The predicted molar refractivity (Wildman–Crippen MR) is 79.7 cm³/mol. The topological polar surface area (TPSA) is 52.8 Å². The van der Waals surface area contributed by atoms with E-state index in [4.69, 9.17) is 5.26 Å². The van der Waals surface area contributed by atoms with Crippen molar-refractivity contribution in [2.75, 3.05) is 11.4 Å². The van der Waals surface area contributed by atoms with E-state index in [0.29, 0.717) is 13.0 Å². The first-order chi connectivity index (χ1) is 9.85. The first kappa shape index (κ1) is 14.0. The summed E-state index contributed by atoms with van der Waals surface area (Å²) in [6.45, 7) is 2.76. The van der Waals surface area contributed by atoms with E-state index in [0.717, 1.165) is 30.0 Å². The van der Waals surface area contributed by atoms with Gasteiger partial charge in [-0.3, -0.25) is 0 Å². The van der Waals surface area contributed by atoms with Gasteiger partial charge in [0.25, 0.3) is 0 Å². The van der Waals surface area contributed by atoms with Crippen molar-refractivity contribution >= 4 is 11.5 Å². The Morgan fingerprint density at radius 1 is 1.20 bits per heavy atom. The van der Waals surface area contributed by atoms with Crippen molar-refractivity contribution in [1.82, 2.24) is 9.97 Å². The molecule has 0 atom stereocenters. The molecule has 0 saturated heterocycles. The average Bonchev–Trinajstić information content (AvgIpc) is 2.50. The van der Waals surface area contributed by atoms with Gasteiger partial charge in [0, 0.05) is 24.0 Å². The third kappa shape index (κ3) is 3.55. The van der Waals surface area contributed by atoms with Crippen LogP contribution in [-0.4, -0.2) is 16.5 Å². The Morgan fingerprint density at radius 3 is 2.70 bits per heavy atom. The highest BCUT2D eigenvalue weighted by atomic mass is 15.2. The molecule has 1 aromatic heterocycles. The molecule has 0 aliphatic heterocycles. The lowest BCUT2D eigenvalue weighted by Crippen LogP contribution is -2.19. The zero-order valence-electron chi connectivity index (χ0n) is 11.7. The van der Waals surface area contributed by atoms with E-state index in [2.05, 4.69) is 27.9 Å². The summed E-state index contributed by atoms with van der Waals surface area (Å²) < 4.78 is 0. The van der Waals surface area contributed by atoms with E-state index >= 15 is 0 Å². The van der Waals surface area contributed by atoms with E-state index < -0.39 is 0 Å². The van der Waals surface area contributed by atoms with Gasteiger partial charge >= 0.3 is 0 Å². The minimum atomic E-state index is 0.460. The summed E-state index contributed by atoms with van der Waals surface area (Å²) in [5, 5.41) is 8.84. The van der Waals surface area contributed by atoms with Crippen LogP contribution >= 0.6 is 0 Å². The van der Waals surface area contributed by atoms with E-state index in [1.807, 2.05) is 36.4 Å². The quantitative estimate of drug-likeness (QED) is 0.803. The monoisotopic (exact) mass is 266 g/mol. The molecule has 0 N–H and O–H groups in total. The summed E-state index contributed by atoms with van der Waals surface area (Å²) in [5.74, 6) is 0.852. The minimum Gasteiger partial charge on any atom is -0.325 e. The molecule has 0 aliphatic carbocycles. The molecule has 0 aliphatic rings. The third-order valence-electron chi connectivity index (χ3n) is 3.01. The molecule has 20 heavy (non-hydrogen) atoms. The van der Waals surface area contributed by atoms with Gasteiger partial charge in [-0.25, -0.2) is 9.97 Å². The van der Waals surface area contributed by atoms with Gasteiger partial charge in [-0.15, -0.1) is 0 Å². The van der Waals surface area contributed by atoms with Crippen LogP contribution in [0.2, 0.25) is 0 Å². The number of rotatable bonds is 6. The van der Waals surface area contributed by atoms with Crippen LogP contribution < -0.4 is 4.90 Å². The van der Waals surface area contributed by atoms with Crippen molar-refractivity contribution in [3.63, 3.8) is 0 Å². The van der Waals surface area contributed by atoms with Crippen LogP contribution in [0.1, 0.15) is 25.5 Å². The summed E-state index contributed by atoms with van der Waals surface area (Å²) in [7, 11) is 0. The number of nitriles is 1. The molecule has 0 saturated carbocycles. The highest BCUT2D eigenvalue weighted by molar-refractivity contribution is 5.59. The second-order valence-corrected chi connectivity index (χ2v) is 4.51. The van der Waals surface area contributed by atoms with E-state index in [-0.39, 0.29) is 0 Å². The number of aromatic nitrogens is 2. The molecule has 2 aromatic rings. The van der Waals surface area contributed by atoms with Crippen LogP contribution in [0.4, 0.5) is 11.5 Å². The second kappa shape index (κ2) is 7.25. The van der Waals surface area contributed by atoms with Crippen LogP contribution in [0.15, 0.2) is 42.7 Å². The summed E-state index contributed by atoms with van der Waals surface area (Å²) >= 11 is 0. The lowest BCUT2D eigenvalue weighted by atomic mass is 10.2. The van der Waals surface area contributed by atoms with E-state index in [1.165, 1.54) is 0 Å². The first-order valence-corrected chi connectivity index (χ1v) is 6.85. The molecule has 0 amide bonds. The molecule has 1 aromatic carbocycles. The largest absolute Gasteiger partial charge is 0.325 e. The molecular weight excluding hydrogens is 248 g/mol. The van der Waals surface area contributed by atoms with Gasteiger partial charge in [0.1, 0.15) is 12.1 Å². The maximum absolute atomic E-state index is 8.84. The molecule has 4 heteroatoms. The van der Waals surface area contributed by atoms with Gasteiger partial charge in [0.05, 0.1) is 12.5 Å². The van der Waals surface area contributed by atoms with Crippen molar-refractivity contribution in [2.45, 2.75) is 26.2 Å². The number of para-hydroxylation sites is 1. The third-order valence-corrected chi connectivity index (χ3v) is 3.01. The lowest BCUT2D eigenvalue weighted by Gasteiger charge is -2.23. The number of hydrogen-bond acceptors (Lipinski definition) is 4. The SMILES string of the molecule is CCCc1cc(N(CCC#N)c2ccccc2)ncn1. The van der Waals surface area contributed by atoms with Crippen LogP contribution in [0.5, 0.6) is 0 Å². The average molecular weight is 266 g/mol. The minimum absolute atomic E-state index is 0.460. The smallest absolute Gasteiger partial charge is 0.136 e. The fraction of sp³-hybridized carbons (Fsp3) is 0.312. The molecule has 0 fully saturated rings. The van der Waals surface area contributed by atoms with Gasteiger partial charge < -0.3 is 4.90 Å². The maximum atomic E-state index is 8.84. The molecule has 102 valence electrons. The van der Waals surface area contributed by atoms with Crippen molar-refractivity contribution in [1.29, 1.82) is 5.26 Å². The molecule has 2 rings (SSSR count). The zero-order chi connectivity index (χ0) is 14.2. The van der Waals surface area contributed by atoms with Crippen molar-refractivity contribution in [3.8, 4) is 6.07 Å². The van der Waals surface area contributed by atoms with Gasteiger partial charge in [-0.1, -0.05) is 31.5 Å². The van der Waals surface area contributed by atoms with Gasteiger partial charge in [-0.05, 0) is 18.6 Å². The molecule has 0 bridgehead atoms. The Morgan fingerprint density at radius 2 is 2.00 bits per heavy atom. The van der Waals surface area contributed by atoms with E-state index in [9.17, 15) is 0 Å². The summed E-state index contributed by atoms with van der Waals surface area (Å²) in [4.78, 5) is 10.7. The number of benzene rings is 1. The summed E-state index contributed by atoms with van der Waals surface area (Å²) in [5.41, 5.74) is 2.08. The normalized spacial score (nSPS) is 10.0. The van der Waals surface area contributed by atoms with Crippen LogP contribution in [0.3, 0.4) is 0 Å². The Hall–Kier alpha value is -2.41. The van der Waals surface area contributed by atoms with Gasteiger partial charge in [0.15, 0.2) is 0 Å². The highest BCUT2D eigenvalue weighted by Crippen LogP contribution is 2.23. The number of aryl methyl sites for hydroxylation is 1. The zero-order valence-corrected chi connectivity index (χ0v) is 11.7. The number of hydrogen-bond donors (Lipinski definition) is 0.